The van der Waals surface area contributed by atoms with Gasteiger partial charge in [0.05, 0.1) is 6.42 Å². The van der Waals surface area contributed by atoms with Crippen molar-refractivity contribution in [3.63, 3.8) is 0 Å². The Bertz CT molecular complexity index is 499. The number of amides is 2. The zero-order valence-corrected chi connectivity index (χ0v) is 12.3. The molecular formula is C16H22N2O3. The third-order valence-electron chi connectivity index (χ3n) is 3.86. The molecule has 0 aromatic heterocycles. The summed E-state index contributed by atoms with van der Waals surface area (Å²) >= 11 is 0. The molecule has 5 heteroatoms. The van der Waals surface area contributed by atoms with Crippen molar-refractivity contribution in [3.05, 3.63) is 29.8 Å². The highest BCUT2D eigenvalue weighted by atomic mass is 16.4. The Morgan fingerprint density at radius 2 is 1.95 bits per heavy atom. The van der Waals surface area contributed by atoms with E-state index in [4.69, 9.17) is 5.11 Å². The maximum atomic E-state index is 12.2. The van der Waals surface area contributed by atoms with Gasteiger partial charge in [0.15, 0.2) is 0 Å². The normalized spacial score (nSPS) is 18.9. The van der Waals surface area contributed by atoms with E-state index in [9.17, 15) is 9.59 Å². The predicted molar refractivity (Wildman–Crippen MR) is 81.4 cm³/mol. The van der Waals surface area contributed by atoms with Gasteiger partial charge in [0.2, 0.25) is 0 Å². The minimum Gasteiger partial charge on any atom is -0.481 e. The first-order valence-electron chi connectivity index (χ1n) is 7.41. The summed E-state index contributed by atoms with van der Waals surface area (Å²) in [4.78, 5) is 24.7. The van der Waals surface area contributed by atoms with Gasteiger partial charge in [0.1, 0.15) is 0 Å². The Morgan fingerprint density at radius 3 is 2.62 bits per heavy atom. The second-order valence-electron chi connectivity index (χ2n) is 5.72. The number of carbonyl (C=O) groups excluding carboxylic acids is 1. The number of rotatable bonds is 3. The quantitative estimate of drug-likeness (QED) is 0.899. The summed E-state index contributed by atoms with van der Waals surface area (Å²) in [6, 6.07) is 6.88. The van der Waals surface area contributed by atoms with Crippen LogP contribution in [0.2, 0.25) is 0 Å². The van der Waals surface area contributed by atoms with E-state index in [2.05, 4.69) is 12.2 Å². The second kappa shape index (κ2) is 7.11. The fraction of sp³-hybridized carbons (Fsp3) is 0.500. The molecule has 0 bridgehead atoms. The third-order valence-corrected chi connectivity index (χ3v) is 3.86. The van der Waals surface area contributed by atoms with E-state index in [0.717, 1.165) is 31.5 Å². The molecule has 1 aliphatic rings. The summed E-state index contributed by atoms with van der Waals surface area (Å²) in [7, 11) is 0. The first kappa shape index (κ1) is 15.4. The molecule has 21 heavy (non-hydrogen) atoms. The molecule has 1 aliphatic heterocycles. The van der Waals surface area contributed by atoms with E-state index < -0.39 is 5.97 Å². The van der Waals surface area contributed by atoms with Crippen LogP contribution in [0.1, 0.15) is 31.7 Å². The minimum absolute atomic E-state index is 0.00175. The lowest BCUT2D eigenvalue weighted by atomic mass is 10.0. The molecule has 1 unspecified atom stereocenters. The van der Waals surface area contributed by atoms with E-state index in [1.54, 1.807) is 24.3 Å². The largest absolute Gasteiger partial charge is 0.481 e. The van der Waals surface area contributed by atoms with Crippen LogP contribution in [0.5, 0.6) is 0 Å². The molecule has 1 aromatic carbocycles. The van der Waals surface area contributed by atoms with Gasteiger partial charge in [0, 0.05) is 18.8 Å². The first-order chi connectivity index (χ1) is 10.0. The fourth-order valence-electron chi connectivity index (χ4n) is 2.55. The number of likely N-dealkylation sites (tertiary alicyclic amines) is 1. The predicted octanol–water partition coefficient (Wildman–Crippen LogP) is 2.97. The topological polar surface area (TPSA) is 69.6 Å². The SMILES string of the molecule is CC1CCCN(C(=O)Nc2ccc(CC(=O)O)cc2)CC1. The van der Waals surface area contributed by atoms with Crippen LogP contribution in [-0.2, 0) is 11.2 Å². The summed E-state index contributed by atoms with van der Waals surface area (Å²) < 4.78 is 0. The number of carbonyl (C=O) groups is 2. The maximum absolute atomic E-state index is 12.2. The standard InChI is InChI=1S/C16H22N2O3/c1-12-3-2-9-18(10-8-12)16(21)17-14-6-4-13(5-7-14)11-15(19)20/h4-7,12H,2-3,8-11H2,1H3,(H,17,21)(H,19,20). The van der Waals surface area contributed by atoms with Crippen molar-refractivity contribution in [2.75, 3.05) is 18.4 Å². The van der Waals surface area contributed by atoms with Crippen LogP contribution in [-0.4, -0.2) is 35.1 Å². The van der Waals surface area contributed by atoms with Crippen LogP contribution in [0.25, 0.3) is 0 Å². The van der Waals surface area contributed by atoms with Gasteiger partial charge in [0.25, 0.3) is 0 Å². The molecule has 1 saturated heterocycles. The van der Waals surface area contributed by atoms with Crippen molar-refractivity contribution in [1.29, 1.82) is 0 Å². The summed E-state index contributed by atoms with van der Waals surface area (Å²) in [5.41, 5.74) is 1.43. The lowest BCUT2D eigenvalue weighted by Gasteiger charge is -2.21. The van der Waals surface area contributed by atoms with E-state index in [1.807, 2.05) is 4.90 Å². The van der Waals surface area contributed by atoms with Crippen molar-refractivity contribution >= 4 is 17.7 Å². The van der Waals surface area contributed by atoms with Gasteiger partial charge >= 0.3 is 12.0 Å². The van der Waals surface area contributed by atoms with E-state index in [-0.39, 0.29) is 12.5 Å². The number of urea groups is 1. The number of nitrogens with one attached hydrogen (secondary N) is 1. The van der Waals surface area contributed by atoms with Crippen molar-refractivity contribution in [1.82, 2.24) is 4.90 Å². The maximum Gasteiger partial charge on any atom is 0.321 e. The van der Waals surface area contributed by atoms with E-state index in [0.29, 0.717) is 11.6 Å². The molecule has 2 amide bonds. The molecule has 2 rings (SSSR count). The smallest absolute Gasteiger partial charge is 0.321 e. The van der Waals surface area contributed by atoms with E-state index in [1.165, 1.54) is 6.42 Å². The molecule has 2 N–H and O–H groups in total. The summed E-state index contributed by atoms with van der Waals surface area (Å²) in [6.07, 6.45) is 3.27. The Balaban J connectivity index is 1.91. The molecule has 5 nitrogen and oxygen atoms in total. The average molecular weight is 290 g/mol. The Hall–Kier alpha value is -2.04. The summed E-state index contributed by atoms with van der Waals surface area (Å²) in [6.45, 7) is 3.82. The lowest BCUT2D eigenvalue weighted by Crippen LogP contribution is -2.35. The van der Waals surface area contributed by atoms with E-state index >= 15 is 0 Å². The Kier molecular flexibility index (Phi) is 5.20. The minimum atomic E-state index is -0.856. The monoisotopic (exact) mass is 290 g/mol. The molecule has 1 fully saturated rings. The van der Waals surface area contributed by atoms with Gasteiger partial charge in [-0.2, -0.15) is 0 Å². The van der Waals surface area contributed by atoms with Crippen LogP contribution in [0.15, 0.2) is 24.3 Å². The van der Waals surface area contributed by atoms with Crippen LogP contribution in [0.4, 0.5) is 10.5 Å². The Morgan fingerprint density at radius 1 is 1.24 bits per heavy atom. The third kappa shape index (κ3) is 4.77. The van der Waals surface area contributed by atoms with Gasteiger partial charge in [-0.1, -0.05) is 19.1 Å². The van der Waals surface area contributed by atoms with Crippen LogP contribution >= 0.6 is 0 Å². The van der Waals surface area contributed by atoms with Gasteiger partial charge in [-0.15, -0.1) is 0 Å². The lowest BCUT2D eigenvalue weighted by molar-refractivity contribution is -0.136. The van der Waals surface area contributed by atoms with Crippen molar-refractivity contribution in [3.8, 4) is 0 Å². The van der Waals surface area contributed by atoms with Crippen LogP contribution in [0, 0.1) is 5.92 Å². The number of carboxylic acid groups (broad SMARTS) is 1. The number of carboxylic acids is 1. The van der Waals surface area contributed by atoms with Crippen molar-refractivity contribution in [2.24, 2.45) is 5.92 Å². The molecule has 0 aliphatic carbocycles. The number of benzene rings is 1. The molecule has 1 aromatic rings. The number of anilines is 1. The number of hydrogen-bond donors (Lipinski definition) is 2. The van der Waals surface area contributed by atoms with Gasteiger partial charge in [-0.3, -0.25) is 4.79 Å². The molecule has 1 atom stereocenters. The molecular weight excluding hydrogens is 268 g/mol. The van der Waals surface area contributed by atoms with Crippen molar-refractivity contribution in [2.45, 2.75) is 32.6 Å². The zero-order chi connectivity index (χ0) is 15.2. The van der Waals surface area contributed by atoms with Gasteiger partial charge in [-0.05, 0) is 42.9 Å². The highest BCUT2D eigenvalue weighted by molar-refractivity contribution is 5.89. The molecule has 0 radical (unpaired) electrons. The zero-order valence-electron chi connectivity index (χ0n) is 12.3. The number of nitrogens with zero attached hydrogens (tertiary/aromatic N) is 1. The second-order valence-corrected chi connectivity index (χ2v) is 5.72. The summed E-state index contributed by atoms with van der Waals surface area (Å²) in [5.74, 6) is -0.177. The molecule has 114 valence electrons. The first-order valence-corrected chi connectivity index (χ1v) is 7.41. The number of aliphatic carboxylic acids is 1. The highest BCUT2D eigenvalue weighted by Crippen LogP contribution is 2.18. The van der Waals surface area contributed by atoms with Gasteiger partial charge < -0.3 is 15.3 Å². The molecule has 0 saturated carbocycles. The summed E-state index contributed by atoms with van der Waals surface area (Å²) in [5, 5.41) is 11.6. The highest BCUT2D eigenvalue weighted by Gasteiger charge is 2.18. The van der Waals surface area contributed by atoms with Crippen molar-refractivity contribution < 1.29 is 14.7 Å². The van der Waals surface area contributed by atoms with Gasteiger partial charge in [-0.25, -0.2) is 4.79 Å². The average Bonchev–Trinajstić information content (AvgIpc) is 2.65. The fourth-order valence-corrected chi connectivity index (χ4v) is 2.55. The number of hydrogen-bond acceptors (Lipinski definition) is 2. The Labute approximate surface area is 125 Å². The van der Waals surface area contributed by atoms with Crippen LogP contribution < -0.4 is 5.32 Å². The molecule has 1 heterocycles. The molecule has 0 spiro atoms. The van der Waals surface area contributed by atoms with Crippen LogP contribution in [0.3, 0.4) is 0 Å².